The normalized spacial score (nSPS) is 18.4. The summed E-state index contributed by atoms with van der Waals surface area (Å²) in [6.07, 6.45) is 0. The Balaban J connectivity index is 1.69. The summed E-state index contributed by atoms with van der Waals surface area (Å²) in [6, 6.07) is 5.38. The SMILES string of the molecule is O=S(=O)(NCc1ccc2c(c1)OCO2)N1CC1. The summed E-state index contributed by atoms with van der Waals surface area (Å²) in [5.41, 5.74) is 0.847. The lowest BCUT2D eigenvalue weighted by Gasteiger charge is -2.07. The predicted molar refractivity (Wildman–Crippen MR) is 59.9 cm³/mol. The third kappa shape index (κ3) is 2.21. The maximum Gasteiger partial charge on any atom is 0.279 e. The van der Waals surface area contributed by atoms with Crippen molar-refractivity contribution in [3.8, 4) is 11.5 Å². The van der Waals surface area contributed by atoms with Gasteiger partial charge in [0.1, 0.15) is 0 Å². The van der Waals surface area contributed by atoms with Crippen LogP contribution in [0.2, 0.25) is 0 Å². The molecule has 2 aliphatic heterocycles. The number of nitrogens with one attached hydrogen (secondary N) is 1. The van der Waals surface area contributed by atoms with Crippen LogP contribution in [0.25, 0.3) is 0 Å². The van der Waals surface area contributed by atoms with Gasteiger partial charge in [0.2, 0.25) is 6.79 Å². The zero-order valence-electron chi connectivity index (χ0n) is 9.05. The van der Waals surface area contributed by atoms with Crippen LogP contribution in [0.4, 0.5) is 0 Å². The molecule has 1 saturated heterocycles. The molecule has 0 bridgehead atoms. The molecule has 0 unspecified atom stereocenters. The summed E-state index contributed by atoms with van der Waals surface area (Å²) in [7, 11) is -3.29. The van der Waals surface area contributed by atoms with Gasteiger partial charge in [-0.3, -0.25) is 0 Å². The van der Waals surface area contributed by atoms with Gasteiger partial charge in [0.15, 0.2) is 11.5 Å². The fourth-order valence-corrected chi connectivity index (χ4v) is 2.69. The molecule has 3 rings (SSSR count). The Hall–Kier alpha value is -1.31. The molecule has 0 amide bonds. The molecular weight excluding hydrogens is 244 g/mol. The lowest BCUT2D eigenvalue weighted by atomic mass is 10.2. The van der Waals surface area contributed by atoms with Gasteiger partial charge in [-0.1, -0.05) is 6.07 Å². The molecule has 1 aromatic carbocycles. The molecule has 1 fully saturated rings. The molecule has 0 spiro atoms. The first-order valence-corrected chi connectivity index (χ1v) is 6.72. The summed E-state index contributed by atoms with van der Waals surface area (Å²) < 4.78 is 37.4. The number of nitrogens with zero attached hydrogens (tertiary/aromatic N) is 1. The average Bonchev–Trinajstić information content (AvgIpc) is 3.07. The molecule has 1 aromatic rings. The first-order valence-electron chi connectivity index (χ1n) is 5.28. The Morgan fingerprint density at radius 2 is 2.00 bits per heavy atom. The van der Waals surface area contributed by atoms with Crippen LogP contribution in [-0.4, -0.2) is 32.6 Å². The fraction of sp³-hybridized carbons (Fsp3) is 0.400. The van der Waals surface area contributed by atoms with Gasteiger partial charge in [0, 0.05) is 19.6 Å². The van der Waals surface area contributed by atoms with Gasteiger partial charge in [-0.05, 0) is 17.7 Å². The van der Waals surface area contributed by atoms with Gasteiger partial charge in [-0.2, -0.15) is 17.4 Å². The predicted octanol–water partition coefficient (Wildman–Crippen LogP) is 0.0653. The van der Waals surface area contributed by atoms with E-state index in [1.807, 2.05) is 6.07 Å². The van der Waals surface area contributed by atoms with Crippen molar-refractivity contribution >= 4 is 10.2 Å². The van der Waals surface area contributed by atoms with E-state index in [0.717, 1.165) is 5.56 Å². The summed E-state index contributed by atoms with van der Waals surface area (Å²) >= 11 is 0. The van der Waals surface area contributed by atoms with E-state index >= 15 is 0 Å². The van der Waals surface area contributed by atoms with Crippen LogP contribution < -0.4 is 14.2 Å². The Bertz CT molecular complexity index is 539. The van der Waals surface area contributed by atoms with Gasteiger partial charge >= 0.3 is 0 Å². The molecule has 92 valence electrons. The van der Waals surface area contributed by atoms with E-state index in [-0.39, 0.29) is 13.3 Å². The molecule has 0 saturated carbocycles. The molecule has 7 heteroatoms. The van der Waals surface area contributed by atoms with Crippen LogP contribution >= 0.6 is 0 Å². The number of fused-ring (bicyclic) bond motifs is 1. The summed E-state index contributed by atoms with van der Waals surface area (Å²) in [6.45, 7) is 1.70. The Morgan fingerprint density at radius 1 is 1.24 bits per heavy atom. The summed E-state index contributed by atoms with van der Waals surface area (Å²) in [5.74, 6) is 1.36. The van der Waals surface area contributed by atoms with Crippen molar-refractivity contribution in [2.24, 2.45) is 0 Å². The zero-order valence-corrected chi connectivity index (χ0v) is 9.87. The molecule has 6 nitrogen and oxygen atoms in total. The highest BCUT2D eigenvalue weighted by molar-refractivity contribution is 7.87. The van der Waals surface area contributed by atoms with Crippen molar-refractivity contribution in [2.75, 3.05) is 19.9 Å². The van der Waals surface area contributed by atoms with E-state index in [0.29, 0.717) is 24.6 Å². The summed E-state index contributed by atoms with van der Waals surface area (Å²) in [4.78, 5) is 0. The lowest BCUT2D eigenvalue weighted by Crippen LogP contribution is -2.29. The van der Waals surface area contributed by atoms with Gasteiger partial charge < -0.3 is 9.47 Å². The number of hydrogen-bond donors (Lipinski definition) is 1. The van der Waals surface area contributed by atoms with Crippen LogP contribution in [0.15, 0.2) is 18.2 Å². The van der Waals surface area contributed by atoms with Crippen molar-refractivity contribution in [1.82, 2.24) is 9.03 Å². The summed E-state index contributed by atoms with van der Waals surface area (Å²) in [5, 5.41) is 0. The van der Waals surface area contributed by atoms with E-state index in [1.165, 1.54) is 4.31 Å². The molecule has 0 radical (unpaired) electrons. The Kier molecular flexibility index (Phi) is 2.46. The zero-order chi connectivity index (χ0) is 11.9. The second-order valence-electron chi connectivity index (χ2n) is 3.91. The van der Waals surface area contributed by atoms with E-state index in [2.05, 4.69) is 4.72 Å². The topological polar surface area (TPSA) is 67.6 Å². The molecule has 0 aromatic heterocycles. The van der Waals surface area contributed by atoms with Crippen molar-refractivity contribution < 1.29 is 17.9 Å². The molecule has 1 N–H and O–H groups in total. The van der Waals surface area contributed by atoms with E-state index in [9.17, 15) is 8.42 Å². The average molecular weight is 256 g/mol. The van der Waals surface area contributed by atoms with Crippen molar-refractivity contribution in [2.45, 2.75) is 6.54 Å². The number of hydrogen-bond acceptors (Lipinski definition) is 4. The molecule has 17 heavy (non-hydrogen) atoms. The quantitative estimate of drug-likeness (QED) is 0.774. The molecule has 0 aliphatic carbocycles. The van der Waals surface area contributed by atoms with E-state index < -0.39 is 10.2 Å². The third-order valence-corrected chi connectivity index (χ3v) is 4.20. The standard InChI is InChI=1S/C10H12N2O4S/c13-17(14,12-3-4-12)11-6-8-1-2-9-10(5-8)16-7-15-9/h1-2,5,11H,3-4,6-7H2. The minimum atomic E-state index is -3.29. The third-order valence-electron chi connectivity index (χ3n) is 2.64. The highest BCUT2D eigenvalue weighted by Gasteiger charge is 2.31. The van der Waals surface area contributed by atoms with Crippen LogP contribution in [0, 0.1) is 0 Å². The second-order valence-corrected chi connectivity index (χ2v) is 5.67. The van der Waals surface area contributed by atoms with E-state index in [4.69, 9.17) is 9.47 Å². The second kappa shape index (κ2) is 3.86. The smallest absolute Gasteiger partial charge is 0.279 e. The minimum Gasteiger partial charge on any atom is -0.454 e. The molecule has 2 aliphatic rings. The van der Waals surface area contributed by atoms with Gasteiger partial charge in [0.25, 0.3) is 10.2 Å². The van der Waals surface area contributed by atoms with Crippen LogP contribution in [-0.2, 0) is 16.8 Å². The first-order chi connectivity index (χ1) is 8.15. The van der Waals surface area contributed by atoms with Crippen molar-refractivity contribution in [3.63, 3.8) is 0 Å². The van der Waals surface area contributed by atoms with E-state index in [1.54, 1.807) is 12.1 Å². The largest absolute Gasteiger partial charge is 0.454 e. The highest BCUT2D eigenvalue weighted by Crippen LogP contribution is 2.32. The van der Waals surface area contributed by atoms with Gasteiger partial charge in [0.05, 0.1) is 0 Å². The van der Waals surface area contributed by atoms with Gasteiger partial charge in [-0.25, -0.2) is 0 Å². The lowest BCUT2D eigenvalue weighted by molar-refractivity contribution is 0.174. The fourth-order valence-electron chi connectivity index (χ4n) is 1.60. The maximum atomic E-state index is 11.6. The highest BCUT2D eigenvalue weighted by atomic mass is 32.2. The number of ether oxygens (including phenoxy) is 2. The molecule has 2 heterocycles. The monoisotopic (exact) mass is 256 g/mol. The number of rotatable bonds is 4. The maximum absolute atomic E-state index is 11.6. The number of benzene rings is 1. The minimum absolute atomic E-state index is 0.221. The first kappa shape index (κ1) is 10.8. The van der Waals surface area contributed by atoms with Crippen LogP contribution in [0.3, 0.4) is 0 Å². The van der Waals surface area contributed by atoms with Crippen LogP contribution in [0.1, 0.15) is 5.56 Å². The van der Waals surface area contributed by atoms with Crippen molar-refractivity contribution in [1.29, 1.82) is 0 Å². The Labute approximate surface area is 99.3 Å². The molecular formula is C10H12N2O4S. The Morgan fingerprint density at radius 3 is 2.76 bits per heavy atom. The molecule has 0 atom stereocenters. The van der Waals surface area contributed by atoms with Crippen molar-refractivity contribution in [3.05, 3.63) is 23.8 Å². The van der Waals surface area contributed by atoms with Crippen LogP contribution in [0.5, 0.6) is 11.5 Å². The van der Waals surface area contributed by atoms with Gasteiger partial charge in [-0.15, -0.1) is 0 Å².